The first-order valence-electron chi connectivity index (χ1n) is 10.1. The van der Waals surface area contributed by atoms with Gasteiger partial charge in [-0.1, -0.05) is 12.1 Å². The lowest BCUT2D eigenvalue weighted by atomic mass is 10.0. The fourth-order valence-electron chi connectivity index (χ4n) is 3.82. The van der Waals surface area contributed by atoms with Crippen molar-refractivity contribution in [2.75, 3.05) is 11.5 Å². The van der Waals surface area contributed by atoms with Crippen molar-refractivity contribution in [1.82, 2.24) is 4.57 Å². The van der Waals surface area contributed by atoms with Crippen molar-refractivity contribution >= 4 is 40.6 Å². The molecule has 0 radical (unpaired) electrons. The second kappa shape index (κ2) is 8.93. The van der Waals surface area contributed by atoms with Crippen LogP contribution in [0.2, 0.25) is 0 Å². The number of hydrogen-bond donors (Lipinski definition) is 2. The highest BCUT2D eigenvalue weighted by atomic mass is 32.2. The molecule has 3 rings (SSSR count). The summed E-state index contributed by atoms with van der Waals surface area (Å²) in [6.45, 7) is 9.30. The summed E-state index contributed by atoms with van der Waals surface area (Å²) in [4.78, 5) is 39.3. The summed E-state index contributed by atoms with van der Waals surface area (Å²) in [5, 5.41) is 18.0. The molecule has 0 saturated carbocycles. The molecular weight excluding hydrogens is 432 g/mol. The Morgan fingerprint density at radius 3 is 2.38 bits per heavy atom. The van der Waals surface area contributed by atoms with Gasteiger partial charge in [-0.25, -0.2) is 9.69 Å². The Labute approximate surface area is 190 Å². The van der Waals surface area contributed by atoms with Gasteiger partial charge in [0.05, 0.1) is 17.2 Å². The van der Waals surface area contributed by atoms with Gasteiger partial charge in [-0.15, -0.1) is 0 Å². The highest BCUT2D eigenvalue weighted by molar-refractivity contribution is 8.19. The smallest absolute Gasteiger partial charge is 0.331 e. The summed E-state index contributed by atoms with van der Waals surface area (Å²) in [7, 11) is 0. The first kappa shape index (κ1) is 23.8. The highest BCUT2D eigenvalue weighted by Gasteiger charge is 2.37. The summed E-state index contributed by atoms with van der Waals surface area (Å²) in [5.74, 6) is -0.822. The third-order valence-corrected chi connectivity index (χ3v) is 6.20. The first-order chi connectivity index (χ1) is 15.0. The summed E-state index contributed by atoms with van der Waals surface area (Å²) in [5.41, 5.74) is 1.98. The summed E-state index contributed by atoms with van der Waals surface area (Å²) in [6, 6.07) is 7.72. The van der Waals surface area contributed by atoms with Gasteiger partial charge in [-0.3, -0.25) is 9.59 Å². The number of aromatic nitrogens is 1. The zero-order chi connectivity index (χ0) is 23.8. The highest BCUT2D eigenvalue weighted by Crippen LogP contribution is 2.37. The van der Waals surface area contributed by atoms with Gasteiger partial charge in [-0.05, 0) is 76.2 Å². The van der Waals surface area contributed by atoms with E-state index in [2.05, 4.69) is 0 Å². The number of anilines is 1. The van der Waals surface area contributed by atoms with Crippen molar-refractivity contribution in [3.8, 4) is 0 Å². The molecule has 170 valence electrons. The number of carbonyl (C=O) groups excluding carboxylic acids is 3. The average Bonchev–Trinajstić information content (AvgIpc) is 3.16. The fourth-order valence-corrected chi connectivity index (χ4v) is 4.65. The predicted octanol–water partition coefficient (Wildman–Crippen LogP) is 3.63. The zero-order valence-corrected chi connectivity index (χ0v) is 19.4. The summed E-state index contributed by atoms with van der Waals surface area (Å²) >= 11 is 0.827. The lowest BCUT2D eigenvalue weighted by Crippen LogP contribution is -2.38. The number of nitrogens with zero attached hydrogens (tertiary/aromatic N) is 2. The monoisotopic (exact) mass is 458 g/mol. The summed E-state index contributed by atoms with van der Waals surface area (Å²) < 4.78 is 7.08. The molecule has 2 aromatic rings. The second-order valence-corrected chi connectivity index (χ2v) is 8.92. The van der Waals surface area contributed by atoms with Gasteiger partial charge in [0.1, 0.15) is 5.54 Å². The number of thioether (sulfide) groups is 1. The summed E-state index contributed by atoms with van der Waals surface area (Å²) in [6.07, 6.45) is 0.0181. The van der Waals surface area contributed by atoms with Gasteiger partial charge >= 0.3 is 5.97 Å². The van der Waals surface area contributed by atoms with Crippen molar-refractivity contribution in [1.29, 1.82) is 0 Å². The second-order valence-electron chi connectivity index (χ2n) is 7.92. The van der Waals surface area contributed by atoms with Crippen molar-refractivity contribution < 1.29 is 29.3 Å². The Balaban J connectivity index is 1.94. The Kier molecular flexibility index (Phi) is 6.64. The molecule has 1 aliphatic heterocycles. The van der Waals surface area contributed by atoms with E-state index in [1.165, 1.54) is 24.3 Å². The molecule has 9 heteroatoms. The van der Waals surface area contributed by atoms with E-state index in [1.54, 1.807) is 26.8 Å². The Morgan fingerprint density at radius 1 is 1.19 bits per heavy atom. The van der Waals surface area contributed by atoms with Crippen LogP contribution in [-0.4, -0.2) is 38.5 Å². The maximum Gasteiger partial charge on any atom is 0.331 e. The maximum absolute atomic E-state index is 13.0. The molecule has 1 aromatic carbocycles. The molecule has 0 spiro atoms. The van der Waals surface area contributed by atoms with E-state index in [1.807, 2.05) is 24.5 Å². The lowest BCUT2D eigenvalue weighted by molar-refractivity contribution is -0.152. The number of rotatable bonds is 6. The molecule has 1 aromatic heterocycles. The van der Waals surface area contributed by atoms with E-state index >= 15 is 0 Å². The van der Waals surface area contributed by atoms with E-state index in [4.69, 9.17) is 4.74 Å². The number of ether oxygens (including phenoxy) is 1. The molecule has 0 aliphatic carbocycles. The molecule has 0 bridgehead atoms. The number of carbonyl (C=O) groups is 3. The largest absolute Gasteiger partial charge is 0.464 e. The molecule has 0 unspecified atom stereocenters. The van der Waals surface area contributed by atoms with E-state index in [9.17, 15) is 24.6 Å². The van der Waals surface area contributed by atoms with Gasteiger partial charge < -0.3 is 19.5 Å². The topological polar surface area (TPSA) is 109 Å². The van der Waals surface area contributed by atoms with E-state index in [0.29, 0.717) is 5.69 Å². The number of esters is 1. The SMILES string of the molecule is CCOC(=O)C(C)(C)n1c(C)cc(C=C2SC(=O)N(c3ccc(C(O)O)cc3)C2=O)c1C. The number of benzene rings is 1. The number of imide groups is 1. The fraction of sp³-hybridized carbons (Fsp3) is 0.348. The predicted molar refractivity (Wildman–Crippen MR) is 122 cm³/mol. The van der Waals surface area contributed by atoms with Gasteiger partial charge in [-0.2, -0.15) is 0 Å². The minimum absolute atomic E-state index is 0.257. The number of hydrogen-bond acceptors (Lipinski definition) is 7. The van der Waals surface area contributed by atoms with Gasteiger partial charge in [0.2, 0.25) is 0 Å². The molecule has 0 atom stereocenters. The van der Waals surface area contributed by atoms with Crippen LogP contribution >= 0.6 is 11.8 Å². The number of aryl methyl sites for hydroxylation is 1. The van der Waals surface area contributed by atoms with Gasteiger partial charge in [0.25, 0.3) is 11.1 Å². The van der Waals surface area contributed by atoms with Crippen LogP contribution < -0.4 is 4.90 Å². The van der Waals surface area contributed by atoms with Gasteiger partial charge in [0.15, 0.2) is 6.29 Å². The van der Waals surface area contributed by atoms with Crippen LogP contribution in [0.4, 0.5) is 10.5 Å². The number of aliphatic hydroxyl groups is 2. The van der Waals surface area contributed by atoms with Crippen molar-refractivity contribution in [2.24, 2.45) is 0 Å². The third kappa shape index (κ3) is 4.23. The van der Waals surface area contributed by atoms with Crippen LogP contribution in [0.1, 0.15) is 49.6 Å². The van der Waals surface area contributed by atoms with Crippen molar-refractivity contribution in [3.05, 3.63) is 57.8 Å². The van der Waals surface area contributed by atoms with Crippen LogP contribution in [0.15, 0.2) is 35.2 Å². The molecular formula is C23H26N2O6S. The maximum atomic E-state index is 13.0. The Hall–Kier alpha value is -2.88. The molecule has 2 N–H and O–H groups in total. The number of aliphatic hydroxyl groups excluding tert-OH is 1. The minimum Gasteiger partial charge on any atom is -0.464 e. The van der Waals surface area contributed by atoms with Crippen LogP contribution in [0.5, 0.6) is 0 Å². The Bertz CT molecular complexity index is 1100. The standard InChI is InChI=1S/C23H26N2O6S/c1-6-31-21(29)23(4,5)25-13(2)11-16(14(25)3)12-18-19(26)24(22(30)32-18)17-9-7-15(8-10-17)20(27)28/h7-12,20,27-28H,6H2,1-5H3. The minimum atomic E-state index is -1.63. The van der Waals surface area contributed by atoms with E-state index in [0.717, 1.165) is 33.6 Å². The zero-order valence-electron chi connectivity index (χ0n) is 18.6. The van der Waals surface area contributed by atoms with Crippen molar-refractivity contribution in [3.63, 3.8) is 0 Å². The van der Waals surface area contributed by atoms with Crippen LogP contribution in [0, 0.1) is 13.8 Å². The Morgan fingerprint density at radius 2 is 1.81 bits per heavy atom. The average molecular weight is 459 g/mol. The molecule has 32 heavy (non-hydrogen) atoms. The van der Waals surface area contributed by atoms with Crippen molar-refractivity contribution in [2.45, 2.75) is 46.4 Å². The quantitative estimate of drug-likeness (QED) is 0.386. The molecule has 1 saturated heterocycles. The van der Waals surface area contributed by atoms with Crippen LogP contribution in [0.3, 0.4) is 0 Å². The lowest BCUT2D eigenvalue weighted by Gasteiger charge is -2.28. The third-order valence-electron chi connectivity index (χ3n) is 5.33. The van der Waals surface area contributed by atoms with Crippen LogP contribution in [0.25, 0.3) is 6.08 Å². The van der Waals surface area contributed by atoms with E-state index in [-0.39, 0.29) is 23.0 Å². The van der Waals surface area contributed by atoms with Crippen LogP contribution in [-0.2, 0) is 19.9 Å². The number of amides is 2. The first-order valence-corrected chi connectivity index (χ1v) is 10.9. The molecule has 1 fully saturated rings. The molecule has 2 heterocycles. The van der Waals surface area contributed by atoms with Gasteiger partial charge in [0, 0.05) is 17.0 Å². The molecule has 1 aliphatic rings. The normalized spacial score (nSPS) is 15.9. The molecule has 2 amide bonds. The molecule has 8 nitrogen and oxygen atoms in total. The van der Waals surface area contributed by atoms with E-state index < -0.39 is 23.0 Å².